The molecule has 2 aliphatic rings. The summed E-state index contributed by atoms with van der Waals surface area (Å²) in [6, 6.07) is 21.4. The fourth-order valence-electron chi connectivity index (χ4n) is 4.69. The van der Waals surface area contributed by atoms with E-state index in [0.717, 1.165) is 33.7 Å². The lowest BCUT2D eigenvalue weighted by molar-refractivity contribution is -0.123. The molecule has 3 aromatic carbocycles. The van der Waals surface area contributed by atoms with Gasteiger partial charge in [-0.05, 0) is 49.7 Å². The molecule has 3 aromatic rings. The van der Waals surface area contributed by atoms with Gasteiger partial charge in [-0.15, -0.1) is 11.8 Å². The third-order valence-electron chi connectivity index (χ3n) is 6.37. The number of carbonyl (C=O) groups excluding carboxylic acids is 2. The summed E-state index contributed by atoms with van der Waals surface area (Å²) in [5.41, 5.74) is 5.52. The summed E-state index contributed by atoms with van der Waals surface area (Å²) in [4.78, 5) is 30.3. The molecular weight excluding hydrogens is 432 g/mol. The van der Waals surface area contributed by atoms with Crippen molar-refractivity contribution in [3.8, 4) is 5.75 Å². The molecule has 2 aliphatic heterocycles. The van der Waals surface area contributed by atoms with E-state index in [9.17, 15) is 9.59 Å². The molecule has 0 aromatic heterocycles. The lowest BCUT2D eigenvalue weighted by Crippen LogP contribution is -2.50. The van der Waals surface area contributed by atoms with Gasteiger partial charge in [0.1, 0.15) is 5.75 Å². The Labute approximate surface area is 198 Å². The van der Waals surface area contributed by atoms with Crippen LogP contribution in [-0.2, 0) is 16.2 Å². The van der Waals surface area contributed by atoms with Gasteiger partial charge in [-0.1, -0.05) is 47.5 Å². The van der Waals surface area contributed by atoms with E-state index in [2.05, 4.69) is 6.07 Å². The van der Waals surface area contributed by atoms with Gasteiger partial charge in [0.25, 0.3) is 11.8 Å². The van der Waals surface area contributed by atoms with Crippen LogP contribution >= 0.6 is 11.8 Å². The molecule has 6 heteroatoms. The molecule has 1 atom stereocenters. The van der Waals surface area contributed by atoms with E-state index >= 15 is 0 Å². The van der Waals surface area contributed by atoms with Crippen LogP contribution in [0.25, 0.3) is 0 Å². The van der Waals surface area contributed by atoms with Gasteiger partial charge in [0.15, 0.2) is 4.87 Å². The summed E-state index contributed by atoms with van der Waals surface area (Å²) in [7, 11) is 1.64. The standard InChI is InChI=1S/C27H26N2O3S/c1-18-7-10-21(11-8-18)25(30)29-13-14-33-27(29)23-15-19(2)9-12-24(23)28(26(27)31)17-20-5-4-6-22(16-20)32-3/h4-12,15-16H,13-14,17H2,1-3H3/t27-/m1/s1. The molecule has 0 saturated carbocycles. The van der Waals surface area contributed by atoms with E-state index in [0.29, 0.717) is 24.4 Å². The maximum atomic E-state index is 14.1. The molecule has 0 bridgehead atoms. The normalized spacial score (nSPS) is 19.3. The van der Waals surface area contributed by atoms with E-state index < -0.39 is 4.87 Å². The molecule has 168 valence electrons. The van der Waals surface area contributed by atoms with Gasteiger partial charge in [0.05, 0.1) is 19.3 Å². The van der Waals surface area contributed by atoms with E-state index in [1.807, 2.05) is 79.4 Å². The second-order valence-corrected chi connectivity index (χ2v) is 9.87. The highest BCUT2D eigenvalue weighted by molar-refractivity contribution is 8.01. The molecule has 5 nitrogen and oxygen atoms in total. The highest BCUT2D eigenvalue weighted by Gasteiger charge is 2.59. The van der Waals surface area contributed by atoms with Crippen molar-refractivity contribution in [2.45, 2.75) is 25.3 Å². The van der Waals surface area contributed by atoms with Crippen molar-refractivity contribution in [2.24, 2.45) is 0 Å². The first-order valence-corrected chi connectivity index (χ1v) is 12.0. The van der Waals surface area contributed by atoms with Crippen LogP contribution in [-0.4, -0.2) is 36.1 Å². The van der Waals surface area contributed by atoms with Crippen molar-refractivity contribution in [3.05, 3.63) is 94.5 Å². The maximum Gasteiger partial charge on any atom is 0.268 e. The quantitative estimate of drug-likeness (QED) is 0.558. The van der Waals surface area contributed by atoms with Crippen molar-refractivity contribution in [1.82, 2.24) is 4.90 Å². The molecule has 5 rings (SSSR count). The number of rotatable bonds is 4. The first-order valence-electron chi connectivity index (χ1n) is 11.0. The van der Waals surface area contributed by atoms with Crippen LogP contribution in [0.3, 0.4) is 0 Å². The lowest BCUT2D eigenvalue weighted by Gasteiger charge is -2.33. The second-order valence-electron chi connectivity index (χ2n) is 8.58. The molecular formula is C27H26N2O3S. The zero-order chi connectivity index (χ0) is 23.2. The van der Waals surface area contributed by atoms with Crippen molar-refractivity contribution >= 4 is 29.3 Å². The molecule has 0 unspecified atom stereocenters. The number of hydrogen-bond donors (Lipinski definition) is 0. The average Bonchev–Trinajstić information content (AvgIpc) is 3.36. The highest BCUT2D eigenvalue weighted by atomic mass is 32.2. The minimum absolute atomic E-state index is 0.0612. The largest absolute Gasteiger partial charge is 0.497 e. The van der Waals surface area contributed by atoms with Crippen LogP contribution in [0.1, 0.15) is 32.6 Å². The Hall–Kier alpha value is -3.25. The van der Waals surface area contributed by atoms with Gasteiger partial charge >= 0.3 is 0 Å². The molecule has 2 heterocycles. The van der Waals surface area contributed by atoms with Gasteiger partial charge in [-0.2, -0.15) is 0 Å². The number of methoxy groups -OCH3 is 1. The Bertz CT molecular complexity index is 1240. The number of benzene rings is 3. The van der Waals surface area contributed by atoms with Gasteiger partial charge in [0, 0.05) is 23.4 Å². The molecule has 33 heavy (non-hydrogen) atoms. The Morgan fingerprint density at radius 3 is 2.55 bits per heavy atom. The third-order valence-corrected chi connectivity index (χ3v) is 7.79. The number of amides is 2. The van der Waals surface area contributed by atoms with Gasteiger partial charge in [0.2, 0.25) is 0 Å². The number of hydrogen-bond acceptors (Lipinski definition) is 4. The number of thioether (sulfide) groups is 1. The Morgan fingerprint density at radius 2 is 1.79 bits per heavy atom. The van der Waals surface area contributed by atoms with Crippen molar-refractivity contribution in [1.29, 1.82) is 0 Å². The molecule has 0 N–H and O–H groups in total. The van der Waals surface area contributed by atoms with E-state index in [-0.39, 0.29) is 11.8 Å². The van der Waals surface area contributed by atoms with Crippen LogP contribution in [0.15, 0.2) is 66.7 Å². The summed E-state index contributed by atoms with van der Waals surface area (Å²) in [5, 5.41) is 0. The van der Waals surface area contributed by atoms with Crippen LogP contribution in [0.2, 0.25) is 0 Å². The minimum atomic E-state index is -1.04. The van der Waals surface area contributed by atoms with Crippen LogP contribution in [0, 0.1) is 13.8 Å². The number of ether oxygens (including phenoxy) is 1. The van der Waals surface area contributed by atoms with Crippen molar-refractivity contribution in [3.63, 3.8) is 0 Å². The predicted molar refractivity (Wildman–Crippen MR) is 132 cm³/mol. The number of anilines is 1. The van der Waals surface area contributed by atoms with Gasteiger partial charge < -0.3 is 14.5 Å². The fourth-order valence-corrected chi connectivity index (χ4v) is 6.14. The zero-order valence-corrected chi connectivity index (χ0v) is 19.8. The SMILES string of the molecule is COc1cccc(CN2C(=O)[C@]3(SCCN3C(=O)c3ccc(C)cc3)c3cc(C)ccc32)c1. The Balaban J connectivity index is 1.58. The van der Waals surface area contributed by atoms with Crippen LogP contribution in [0.4, 0.5) is 5.69 Å². The van der Waals surface area contributed by atoms with E-state index in [4.69, 9.17) is 4.74 Å². The first kappa shape index (κ1) is 21.6. The van der Waals surface area contributed by atoms with Gasteiger partial charge in [-0.25, -0.2) is 0 Å². The highest BCUT2D eigenvalue weighted by Crippen LogP contribution is 2.55. The molecule has 0 radical (unpaired) electrons. The summed E-state index contributed by atoms with van der Waals surface area (Å²) in [6.45, 7) is 4.97. The third kappa shape index (κ3) is 3.49. The number of aryl methyl sites for hydroxylation is 2. The monoisotopic (exact) mass is 458 g/mol. The summed E-state index contributed by atoms with van der Waals surface area (Å²) in [6.07, 6.45) is 0. The molecule has 1 fully saturated rings. The molecule has 2 amide bonds. The van der Waals surface area contributed by atoms with Crippen LogP contribution in [0.5, 0.6) is 5.75 Å². The zero-order valence-electron chi connectivity index (χ0n) is 19.0. The summed E-state index contributed by atoms with van der Waals surface area (Å²) in [5.74, 6) is 1.30. The average molecular weight is 459 g/mol. The number of carbonyl (C=O) groups is 2. The first-order chi connectivity index (χ1) is 15.9. The minimum Gasteiger partial charge on any atom is -0.497 e. The molecule has 0 aliphatic carbocycles. The lowest BCUT2D eigenvalue weighted by atomic mass is 10.0. The molecule has 1 saturated heterocycles. The van der Waals surface area contributed by atoms with E-state index in [1.165, 1.54) is 0 Å². The fraction of sp³-hybridized carbons (Fsp3) is 0.259. The Kier molecular flexibility index (Phi) is 5.41. The topological polar surface area (TPSA) is 49.9 Å². The number of fused-ring (bicyclic) bond motifs is 2. The summed E-state index contributed by atoms with van der Waals surface area (Å²) >= 11 is 1.56. The van der Waals surface area contributed by atoms with Crippen LogP contribution < -0.4 is 9.64 Å². The van der Waals surface area contributed by atoms with Crippen molar-refractivity contribution < 1.29 is 14.3 Å². The Morgan fingerprint density at radius 1 is 1.03 bits per heavy atom. The molecule has 1 spiro atoms. The van der Waals surface area contributed by atoms with Gasteiger partial charge in [-0.3, -0.25) is 9.59 Å². The second kappa shape index (κ2) is 8.27. The smallest absolute Gasteiger partial charge is 0.268 e. The van der Waals surface area contributed by atoms with E-state index in [1.54, 1.807) is 23.8 Å². The summed E-state index contributed by atoms with van der Waals surface area (Å²) < 4.78 is 5.37. The van der Waals surface area contributed by atoms with Crippen molar-refractivity contribution in [2.75, 3.05) is 24.3 Å². The maximum absolute atomic E-state index is 14.1. The number of nitrogens with zero attached hydrogens (tertiary/aromatic N) is 2. The predicted octanol–water partition coefficient (Wildman–Crippen LogP) is 4.90.